The van der Waals surface area contributed by atoms with Gasteiger partial charge in [-0.15, -0.1) is 11.3 Å². The molecule has 0 aliphatic rings. The molecule has 1 aromatic heterocycles. The molecule has 0 aliphatic carbocycles. The normalized spacial score (nSPS) is 11.3. The van der Waals surface area contributed by atoms with Crippen LogP contribution in [0.25, 0.3) is 11.1 Å². The van der Waals surface area contributed by atoms with Gasteiger partial charge in [0.1, 0.15) is 4.88 Å². The number of hydrogen-bond donors (Lipinski definition) is 1. The van der Waals surface area contributed by atoms with Crippen LogP contribution in [0.4, 0.5) is 13.2 Å². The second-order valence-corrected chi connectivity index (χ2v) is 5.52. The molecule has 2 N–H and O–H groups in total. The van der Waals surface area contributed by atoms with Crippen LogP contribution in [0.1, 0.15) is 38.9 Å². The maximum atomic E-state index is 13.0. The van der Waals surface area contributed by atoms with Crippen molar-refractivity contribution in [3.63, 3.8) is 0 Å². The largest absolute Gasteiger partial charge is 0.426 e. The van der Waals surface area contributed by atoms with Gasteiger partial charge < -0.3 is 4.84 Å². The first-order valence-corrected chi connectivity index (χ1v) is 7.41. The third-order valence-corrected chi connectivity index (χ3v) is 4.16. The molecule has 0 amide bonds. The van der Waals surface area contributed by atoms with Gasteiger partial charge in [-0.2, -0.15) is 19.1 Å². The Balaban J connectivity index is 2.61. The second-order valence-electron chi connectivity index (χ2n) is 4.60. The number of carbonyl (C=O) groups is 2. The molecule has 0 radical (unpaired) electrons. The molecular weight excluding hydrogens is 331 g/mol. The summed E-state index contributed by atoms with van der Waals surface area (Å²) in [7, 11) is 0. The molecule has 0 spiro atoms. The summed E-state index contributed by atoms with van der Waals surface area (Å²) in [4.78, 5) is 26.9. The summed E-state index contributed by atoms with van der Waals surface area (Å²) in [5.41, 5.74) is 0.00218. The first kappa shape index (κ1) is 17.2. The minimum absolute atomic E-state index is 0.0653. The lowest BCUT2D eigenvalue weighted by Crippen LogP contribution is -2.15. The molecule has 0 bridgehead atoms. The van der Waals surface area contributed by atoms with Crippen molar-refractivity contribution >= 4 is 23.1 Å². The van der Waals surface area contributed by atoms with Crippen molar-refractivity contribution in [3.8, 4) is 11.1 Å². The Bertz CT molecular complexity index is 753. The van der Waals surface area contributed by atoms with E-state index >= 15 is 0 Å². The molecule has 23 heavy (non-hydrogen) atoms. The van der Waals surface area contributed by atoms with E-state index in [1.165, 1.54) is 29.6 Å². The standard InChI is InChI=1S/C15H12F3NO3S/c1-2-12(20)10-4-3-8(7-11(10)14(21)22-19)9-5-6-23-13(9)15(16,17)18/h3-7H,2,19H2,1H3. The molecule has 4 nitrogen and oxygen atoms in total. The lowest BCUT2D eigenvalue weighted by Gasteiger charge is -2.11. The predicted molar refractivity (Wildman–Crippen MR) is 79.0 cm³/mol. The zero-order valence-electron chi connectivity index (χ0n) is 11.9. The first-order valence-electron chi connectivity index (χ1n) is 6.53. The number of halogens is 3. The van der Waals surface area contributed by atoms with E-state index in [0.717, 1.165) is 0 Å². The Labute approximate surface area is 133 Å². The minimum atomic E-state index is -4.50. The fraction of sp³-hybridized carbons (Fsp3) is 0.200. The SMILES string of the molecule is CCC(=O)c1ccc(-c2ccsc2C(F)(F)F)cc1C(=O)ON. The van der Waals surface area contributed by atoms with Crippen LogP contribution in [0.2, 0.25) is 0 Å². The Morgan fingerprint density at radius 1 is 1.22 bits per heavy atom. The Morgan fingerprint density at radius 2 is 1.91 bits per heavy atom. The highest BCUT2D eigenvalue weighted by atomic mass is 32.1. The smallest absolute Gasteiger partial charge is 0.370 e. The first-order chi connectivity index (χ1) is 10.8. The van der Waals surface area contributed by atoms with Crippen molar-refractivity contribution in [3.05, 3.63) is 45.6 Å². The highest BCUT2D eigenvalue weighted by Gasteiger charge is 2.35. The summed E-state index contributed by atoms with van der Waals surface area (Å²) in [5, 5.41) is 1.31. The summed E-state index contributed by atoms with van der Waals surface area (Å²) in [6, 6.07) is 5.18. The molecule has 0 fully saturated rings. The van der Waals surface area contributed by atoms with Gasteiger partial charge in [-0.3, -0.25) is 4.79 Å². The van der Waals surface area contributed by atoms with Crippen LogP contribution < -0.4 is 5.90 Å². The van der Waals surface area contributed by atoms with Crippen molar-refractivity contribution in [1.29, 1.82) is 0 Å². The third-order valence-electron chi connectivity index (χ3n) is 3.20. The van der Waals surface area contributed by atoms with Crippen LogP contribution in [0.3, 0.4) is 0 Å². The highest BCUT2D eigenvalue weighted by molar-refractivity contribution is 7.10. The van der Waals surface area contributed by atoms with Gasteiger partial charge in [-0.05, 0) is 29.1 Å². The quantitative estimate of drug-likeness (QED) is 0.671. The molecule has 0 saturated carbocycles. The van der Waals surface area contributed by atoms with Gasteiger partial charge in [0, 0.05) is 17.5 Å². The number of carbonyl (C=O) groups excluding carboxylic acids is 2. The summed E-state index contributed by atoms with van der Waals surface area (Å²) in [6.45, 7) is 1.61. The van der Waals surface area contributed by atoms with Gasteiger partial charge in [0.15, 0.2) is 5.78 Å². The predicted octanol–water partition coefficient (Wildman–Crippen LogP) is 4.06. The van der Waals surface area contributed by atoms with Gasteiger partial charge >= 0.3 is 12.1 Å². The minimum Gasteiger partial charge on any atom is -0.370 e. The maximum Gasteiger partial charge on any atom is 0.426 e. The molecule has 122 valence electrons. The van der Waals surface area contributed by atoms with Crippen LogP contribution in [-0.2, 0) is 11.0 Å². The number of alkyl halides is 3. The molecule has 2 aromatic rings. The van der Waals surface area contributed by atoms with Crippen LogP contribution >= 0.6 is 11.3 Å². The monoisotopic (exact) mass is 343 g/mol. The number of benzene rings is 1. The van der Waals surface area contributed by atoms with E-state index < -0.39 is 17.0 Å². The lowest BCUT2D eigenvalue weighted by atomic mass is 9.96. The topological polar surface area (TPSA) is 69.4 Å². The summed E-state index contributed by atoms with van der Waals surface area (Å²) >= 11 is 0.554. The van der Waals surface area contributed by atoms with Gasteiger partial charge in [0.2, 0.25) is 0 Å². The Hall–Kier alpha value is -2.19. The Kier molecular flexibility index (Phi) is 4.86. The zero-order valence-corrected chi connectivity index (χ0v) is 12.8. The molecule has 1 heterocycles. The fourth-order valence-corrected chi connectivity index (χ4v) is 2.92. The molecule has 8 heteroatoms. The average Bonchev–Trinajstić information content (AvgIpc) is 3.02. The summed E-state index contributed by atoms with van der Waals surface area (Å²) in [5.74, 6) is 3.53. The number of Topliss-reactive ketones (excluding diaryl/α,β-unsaturated/α-hetero) is 1. The van der Waals surface area contributed by atoms with E-state index in [1.54, 1.807) is 6.92 Å². The fourth-order valence-electron chi connectivity index (χ4n) is 2.13. The van der Waals surface area contributed by atoms with E-state index in [0.29, 0.717) is 11.3 Å². The maximum absolute atomic E-state index is 13.0. The number of ketones is 1. The van der Waals surface area contributed by atoms with E-state index in [9.17, 15) is 22.8 Å². The lowest BCUT2D eigenvalue weighted by molar-refractivity contribution is -0.133. The second kappa shape index (κ2) is 6.51. The molecule has 0 atom stereocenters. The number of rotatable bonds is 4. The molecule has 0 aliphatic heterocycles. The molecule has 0 unspecified atom stereocenters. The van der Waals surface area contributed by atoms with Crippen molar-refractivity contribution < 1.29 is 27.6 Å². The number of hydrogen-bond acceptors (Lipinski definition) is 5. The van der Waals surface area contributed by atoms with Gasteiger partial charge in [-0.25, -0.2) is 4.79 Å². The average molecular weight is 343 g/mol. The van der Waals surface area contributed by atoms with Crippen molar-refractivity contribution in [2.24, 2.45) is 5.90 Å². The van der Waals surface area contributed by atoms with Gasteiger partial charge in [0.25, 0.3) is 0 Å². The van der Waals surface area contributed by atoms with E-state index in [-0.39, 0.29) is 34.5 Å². The zero-order chi connectivity index (χ0) is 17.2. The van der Waals surface area contributed by atoms with Crippen molar-refractivity contribution in [2.45, 2.75) is 19.5 Å². The number of nitrogens with two attached hydrogens (primary N) is 1. The van der Waals surface area contributed by atoms with Gasteiger partial charge in [-0.1, -0.05) is 13.0 Å². The van der Waals surface area contributed by atoms with Crippen molar-refractivity contribution in [2.75, 3.05) is 0 Å². The van der Waals surface area contributed by atoms with Crippen LogP contribution in [-0.4, -0.2) is 11.8 Å². The van der Waals surface area contributed by atoms with Crippen molar-refractivity contribution in [1.82, 2.24) is 0 Å². The third kappa shape index (κ3) is 3.43. The van der Waals surface area contributed by atoms with Crippen LogP contribution in [0, 0.1) is 0 Å². The van der Waals surface area contributed by atoms with Gasteiger partial charge in [0.05, 0.1) is 5.56 Å². The molecule has 0 saturated heterocycles. The summed E-state index contributed by atoms with van der Waals surface area (Å²) < 4.78 is 39.0. The van der Waals surface area contributed by atoms with Crippen LogP contribution in [0.5, 0.6) is 0 Å². The summed E-state index contributed by atoms with van der Waals surface area (Å²) in [6.07, 6.45) is -4.37. The Morgan fingerprint density at radius 3 is 2.48 bits per heavy atom. The molecular formula is C15H12F3NO3S. The van der Waals surface area contributed by atoms with Crippen LogP contribution in [0.15, 0.2) is 29.6 Å². The molecule has 2 rings (SSSR count). The van der Waals surface area contributed by atoms with E-state index in [4.69, 9.17) is 5.90 Å². The van der Waals surface area contributed by atoms with E-state index in [1.807, 2.05) is 0 Å². The highest BCUT2D eigenvalue weighted by Crippen LogP contribution is 2.41. The number of thiophene rings is 1. The van der Waals surface area contributed by atoms with E-state index in [2.05, 4.69) is 4.84 Å². The molecule has 1 aromatic carbocycles.